The Hall–Kier alpha value is -1.35. The first-order valence-corrected chi connectivity index (χ1v) is 6.23. The lowest BCUT2D eigenvalue weighted by Gasteiger charge is -2.14. The minimum atomic E-state index is 0.305. The number of aryl methyl sites for hydroxylation is 2. The van der Waals surface area contributed by atoms with Gasteiger partial charge in [0.1, 0.15) is 5.82 Å². The van der Waals surface area contributed by atoms with Crippen molar-refractivity contribution in [2.24, 2.45) is 0 Å². The van der Waals surface area contributed by atoms with Crippen LogP contribution in [0, 0.1) is 13.8 Å². The second kappa shape index (κ2) is 4.66. The first-order valence-electron chi connectivity index (χ1n) is 5.41. The predicted octanol–water partition coefficient (Wildman–Crippen LogP) is 3.93. The molecular weight excluding hydrogens is 216 g/mol. The SMILES string of the molecule is Cc1cc(C(C)Nc2ccccn2)c(C)s1. The fourth-order valence-corrected chi connectivity index (χ4v) is 2.85. The summed E-state index contributed by atoms with van der Waals surface area (Å²) in [4.78, 5) is 7.02. The van der Waals surface area contributed by atoms with E-state index < -0.39 is 0 Å². The minimum absolute atomic E-state index is 0.305. The highest BCUT2D eigenvalue weighted by molar-refractivity contribution is 7.12. The van der Waals surface area contributed by atoms with E-state index in [1.807, 2.05) is 29.5 Å². The number of rotatable bonds is 3. The van der Waals surface area contributed by atoms with Crippen molar-refractivity contribution in [3.63, 3.8) is 0 Å². The van der Waals surface area contributed by atoms with E-state index in [2.05, 4.69) is 37.1 Å². The molecule has 2 rings (SSSR count). The van der Waals surface area contributed by atoms with Crippen molar-refractivity contribution >= 4 is 17.2 Å². The highest BCUT2D eigenvalue weighted by Crippen LogP contribution is 2.27. The van der Waals surface area contributed by atoms with Gasteiger partial charge in [-0.25, -0.2) is 4.98 Å². The number of hydrogen-bond acceptors (Lipinski definition) is 3. The quantitative estimate of drug-likeness (QED) is 0.867. The Kier molecular flexibility index (Phi) is 3.25. The van der Waals surface area contributed by atoms with Crippen LogP contribution in [-0.2, 0) is 0 Å². The van der Waals surface area contributed by atoms with Crippen LogP contribution < -0.4 is 5.32 Å². The summed E-state index contributed by atoms with van der Waals surface area (Å²) in [5.41, 5.74) is 1.37. The zero-order valence-electron chi connectivity index (χ0n) is 9.82. The normalized spacial score (nSPS) is 12.4. The molecule has 3 heteroatoms. The fourth-order valence-electron chi connectivity index (χ4n) is 1.83. The predicted molar refractivity (Wildman–Crippen MR) is 70.1 cm³/mol. The number of hydrogen-bond donors (Lipinski definition) is 1. The Morgan fingerprint density at radius 2 is 2.12 bits per heavy atom. The lowest BCUT2D eigenvalue weighted by atomic mass is 10.1. The van der Waals surface area contributed by atoms with Crippen LogP contribution in [0.2, 0.25) is 0 Å². The van der Waals surface area contributed by atoms with Crippen LogP contribution >= 0.6 is 11.3 Å². The molecule has 0 aromatic carbocycles. The summed E-state index contributed by atoms with van der Waals surface area (Å²) < 4.78 is 0. The van der Waals surface area contributed by atoms with Crippen LogP contribution in [0.5, 0.6) is 0 Å². The molecule has 0 fully saturated rings. The molecule has 0 radical (unpaired) electrons. The van der Waals surface area contributed by atoms with Gasteiger partial charge in [-0.15, -0.1) is 11.3 Å². The van der Waals surface area contributed by atoms with E-state index in [9.17, 15) is 0 Å². The van der Waals surface area contributed by atoms with Crippen molar-refractivity contribution in [1.82, 2.24) is 4.98 Å². The van der Waals surface area contributed by atoms with Crippen molar-refractivity contribution in [1.29, 1.82) is 0 Å². The molecule has 2 aromatic heterocycles. The number of aromatic nitrogens is 1. The molecule has 1 unspecified atom stereocenters. The molecule has 2 aromatic rings. The molecule has 2 nitrogen and oxygen atoms in total. The first-order chi connectivity index (χ1) is 7.66. The summed E-state index contributed by atoms with van der Waals surface area (Å²) in [6.07, 6.45) is 1.81. The van der Waals surface area contributed by atoms with Gasteiger partial charge in [0.2, 0.25) is 0 Å². The van der Waals surface area contributed by atoms with Crippen molar-refractivity contribution in [2.75, 3.05) is 5.32 Å². The summed E-state index contributed by atoms with van der Waals surface area (Å²) in [5.74, 6) is 0.929. The Bertz CT molecular complexity index is 462. The molecule has 0 saturated carbocycles. The smallest absolute Gasteiger partial charge is 0.126 e. The number of nitrogens with one attached hydrogen (secondary N) is 1. The molecule has 1 N–H and O–H groups in total. The maximum atomic E-state index is 4.27. The summed E-state index contributed by atoms with van der Waals surface area (Å²) in [5, 5.41) is 3.41. The van der Waals surface area contributed by atoms with Gasteiger partial charge in [0.05, 0.1) is 6.04 Å². The van der Waals surface area contributed by atoms with Crippen LogP contribution in [0.3, 0.4) is 0 Å². The van der Waals surface area contributed by atoms with E-state index >= 15 is 0 Å². The van der Waals surface area contributed by atoms with Crippen molar-refractivity contribution < 1.29 is 0 Å². The maximum absolute atomic E-state index is 4.27. The molecule has 0 amide bonds. The minimum Gasteiger partial charge on any atom is -0.364 e. The van der Waals surface area contributed by atoms with Gasteiger partial charge in [-0.1, -0.05) is 6.07 Å². The lowest BCUT2D eigenvalue weighted by molar-refractivity contribution is 0.872. The van der Waals surface area contributed by atoms with Gasteiger partial charge in [0.25, 0.3) is 0 Å². The Balaban J connectivity index is 2.14. The summed E-state index contributed by atoms with van der Waals surface area (Å²) >= 11 is 1.85. The van der Waals surface area contributed by atoms with Gasteiger partial charge in [0.15, 0.2) is 0 Å². The Morgan fingerprint density at radius 1 is 1.31 bits per heavy atom. The largest absolute Gasteiger partial charge is 0.364 e. The van der Waals surface area contributed by atoms with E-state index in [-0.39, 0.29) is 0 Å². The standard InChI is InChI=1S/C13H16N2S/c1-9-8-12(11(3)16-9)10(2)15-13-6-4-5-7-14-13/h4-8,10H,1-3H3,(H,14,15). The third kappa shape index (κ3) is 2.42. The van der Waals surface area contributed by atoms with Gasteiger partial charge in [-0.3, -0.25) is 0 Å². The molecule has 1 atom stereocenters. The van der Waals surface area contributed by atoms with Gasteiger partial charge < -0.3 is 5.32 Å². The van der Waals surface area contributed by atoms with Crippen LogP contribution in [-0.4, -0.2) is 4.98 Å². The molecule has 0 aliphatic rings. The molecule has 0 aliphatic heterocycles. The van der Waals surface area contributed by atoms with Crippen molar-refractivity contribution in [3.05, 3.63) is 45.8 Å². The number of pyridine rings is 1. The number of nitrogens with zero attached hydrogens (tertiary/aromatic N) is 1. The van der Waals surface area contributed by atoms with Gasteiger partial charge in [0, 0.05) is 16.0 Å². The van der Waals surface area contributed by atoms with E-state index in [1.165, 1.54) is 15.3 Å². The van der Waals surface area contributed by atoms with Crippen molar-refractivity contribution in [2.45, 2.75) is 26.8 Å². The zero-order valence-corrected chi connectivity index (χ0v) is 10.6. The second-order valence-electron chi connectivity index (χ2n) is 3.95. The van der Waals surface area contributed by atoms with E-state index in [0.717, 1.165) is 5.82 Å². The highest BCUT2D eigenvalue weighted by atomic mass is 32.1. The topological polar surface area (TPSA) is 24.9 Å². The molecule has 0 spiro atoms. The highest BCUT2D eigenvalue weighted by Gasteiger charge is 2.10. The van der Waals surface area contributed by atoms with E-state index in [4.69, 9.17) is 0 Å². The van der Waals surface area contributed by atoms with Gasteiger partial charge >= 0.3 is 0 Å². The second-order valence-corrected chi connectivity index (χ2v) is 5.41. The van der Waals surface area contributed by atoms with Gasteiger partial charge in [-0.05, 0) is 44.5 Å². The third-order valence-corrected chi connectivity index (χ3v) is 3.56. The average molecular weight is 232 g/mol. The van der Waals surface area contributed by atoms with Crippen LogP contribution in [0.15, 0.2) is 30.5 Å². The lowest BCUT2D eigenvalue weighted by Crippen LogP contribution is -2.07. The summed E-state index contributed by atoms with van der Waals surface area (Å²) in [6, 6.07) is 8.47. The monoisotopic (exact) mass is 232 g/mol. The zero-order chi connectivity index (χ0) is 11.5. The maximum Gasteiger partial charge on any atom is 0.126 e. The van der Waals surface area contributed by atoms with E-state index in [0.29, 0.717) is 6.04 Å². The van der Waals surface area contributed by atoms with Crippen LogP contribution in [0.25, 0.3) is 0 Å². The molecule has 16 heavy (non-hydrogen) atoms. The molecule has 0 bridgehead atoms. The molecular formula is C13H16N2S. The fraction of sp³-hybridized carbons (Fsp3) is 0.308. The third-order valence-electron chi connectivity index (χ3n) is 2.58. The molecule has 0 aliphatic carbocycles. The summed E-state index contributed by atoms with van der Waals surface area (Å²) in [7, 11) is 0. The molecule has 84 valence electrons. The van der Waals surface area contributed by atoms with Crippen LogP contribution in [0.4, 0.5) is 5.82 Å². The summed E-state index contributed by atoms with van der Waals surface area (Å²) in [6.45, 7) is 6.49. The van der Waals surface area contributed by atoms with Crippen molar-refractivity contribution in [3.8, 4) is 0 Å². The average Bonchev–Trinajstić information content (AvgIpc) is 2.59. The molecule has 0 saturated heterocycles. The first kappa shape index (κ1) is 11.1. The number of thiophene rings is 1. The van der Waals surface area contributed by atoms with E-state index in [1.54, 1.807) is 6.20 Å². The van der Waals surface area contributed by atoms with Crippen LogP contribution in [0.1, 0.15) is 28.3 Å². The molecule has 2 heterocycles. The van der Waals surface area contributed by atoms with Gasteiger partial charge in [-0.2, -0.15) is 0 Å². The Labute approximate surface area is 100 Å². The Morgan fingerprint density at radius 3 is 2.69 bits per heavy atom. The number of anilines is 1.